The zero-order valence-corrected chi connectivity index (χ0v) is 19.1. The van der Waals surface area contributed by atoms with Gasteiger partial charge in [0.25, 0.3) is 0 Å². The van der Waals surface area contributed by atoms with Gasteiger partial charge in [-0.25, -0.2) is 0 Å². The summed E-state index contributed by atoms with van der Waals surface area (Å²) < 4.78 is 5.85. The van der Waals surface area contributed by atoms with Gasteiger partial charge in [-0.05, 0) is 86.9 Å². The quantitative estimate of drug-likeness (QED) is 0.556. The van der Waals surface area contributed by atoms with Gasteiger partial charge in [-0.15, -0.1) is 0 Å². The minimum Gasteiger partial charge on any atom is -0.494 e. The van der Waals surface area contributed by atoms with Crippen molar-refractivity contribution in [2.24, 2.45) is 11.8 Å². The highest BCUT2D eigenvalue weighted by molar-refractivity contribution is 5.34. The zero-order chi connectivity index (χ0) is 22.2. The lowest BCUT2D eigenvalue weighted by molar-refractivity contribution is 0.0375. The van der Waals surface area contributed by atoms with Crippen molar-refractivity contribution in [2.45, 2.75) is 50.4 Å². The first-order valence-electron chi connectivity index (χ1n) is 12.3. The van der Waals surface area contributed by atoms with Crippen molar-refractivity contribution in [3.05, 3.63) is 65.7 Å². The summed E-state index contributed by atoms with van der Waals surface area (Å²) in [5.74, 6) is 1.98. The third kappa shape index (κ3) is 5.00. The molecular weight excluding hydrogens is 396 g/mol. The van der Waals surface area contributed by atoms with Crippen LogP contribution in [-0.4, -0.2) is 42.9 Å². The van der Waals surface area contributed by atoms with E-state index in [1.165, 1.54) is 31.2 Å². The van der Waals surface area contributed by atoms with Crippen LogP contribution in [0.3, 0.4) is 0 Å². The Bertz CT molecular complexity index is 863. The molecule has 32 heavy (non-hydrogen) atoms. The molecule has 0 spiro atoms. The van der Waals surface area contributed by atoms with Gasteiger partial charge in [0.2, 0.25) is 0 Å². The molecule has 1 heterocycles. The van der Waals surface area contributed by atoms with Crippen LogP contribution in [0.4, 0.5) is 0 Å². The molecular formula is C28H36N2O2. The molecule has 1 aliphatic heterocycles. The summed E-state index contributed by atoms with van der Waals surface area (Å²) in [7, 11) is 0. The number of likely N-dealkylation sites (tertiary alicyclic amines) is 1. The Morgan fingerprint density at radius 2 is 1.59 bits per heavy atom. The average molecular weight is 433 g/mol. The highest BCUT2D eigenvalue weighted by atomic mass is 16.5. The molecule has 2 aromatic carbocycles. The van der Waals surface area contributed by atoms with Crippen LogP contribution in [0.5, 0.6) is 5.75 Å². The lowest BCUT2D eigenvalue weighted by Crippen LogP contribution is -2.49. The van der Waals surface area contributed by atoms with Gasteiger partial charge >= 0.3 is 0 Å². The fourth-order valence-corrected chi connectivity index (χ4v) is 6.12. The van der Waals surface area contributed by atoms with E-state index in [1.807, 2.05) is 12.1 Å². The minimum atomic E-state index is -0.0808. The first-order valence-corrected chi connectivity index (χ1v) is 12.3. The molecule has 1 N–H and O–H groups in total. The van der Waals surface area contributed by atoms with Crippen LogP contribution in [0.25, 0.3) is 0 Å². The van der Waals surface area contributed by atoms with E-state index in [4.69, 9.17) is 10.00 Å². The van der Waals surface area contributed by atoms with E-state index in [-0.39, 0.29) is 12.0 Å². The Kier molecular flexibility index (Phi) is 7.84. The third-order valence-electron chi connectivity index (χ3n) is 7.84. The highest BCUT2D eigenvalue weighted by Crippen LogP contribution is 2.49. The van der Waals surface area contributed by atoms with Crippen LogP contribution >= 0.6 is 0 Å². The molecule has 4 rings (SSSR count). The molecule has 0 radical (unpaired) electrons. The topological polar surface area (TPSA) is 56.5 Å². The van der Waals surface area contributed by atoms with Crippen LogP contribution < -0.4 is 4.74 Å². The van der Waals surface area contributed by atoms with E-state index in [2.05, 4.69) is 41.3 Å². The molecule has 0 bridgehead atoms. The van der Waals surface area contributed by atoms with Crippen LogP contribution in [0.2, 0.25) is 0 Å². The van der Waals surface area contributed by atoms with Gasteiger partial charge in [0.1, 0.15) is 5.75 Å². The summed E-state index contributed by atoms with van der Waals surface area (Å²) in [6.07, 6.45) is 8.42. The van der Waals surface area contributed by atoms with Crippen LogP contribution in [0, 0.1) is 23.2 Å². The number of ether oxygens (including phenoxy) is 1. The molecule has 2 aromatic rings. The number of benzene rings is 2. The largest absolute Gasteiger partial charge is 0.494 e. The number of hydrogen-bond donors (Lipinski definition) is 1. The summed E-state index contributed by atoms with van der Waals surface area (Å²) >= 11 is 0. The van der Waals surface area contributed by atoms with Crippen LogP contribution in [-0.2, 0) is 5.41 Å². The summed E-state index contributed by atoms with van der Waals surface area (Å²) in [6.45, 7) is 4.21. The summed E-state index contributed by atoms with van der Waals surface area (Å²) in [5.41, 5.74) is 1.93. The van der Waals surface area contributed by atoms with Crippen molar-refractivity contribution >= 4 is 0 Å². The van der Waals surface area contributed by atoms with Gasteiger partial charge < -0.3 is 14.7 Å². The Hall–Kier alpha value is -2.35. The van der Waals surface area contributed by atoms with Crippen molar-refractivity contribution < 1.29 is 9.84 Å². The van der Waals surface area contributed by atoms with Crippen molar-refractivity contribution in [3.8, 4) is 11.8 Å². The second-order valence-corrected chi connectivity index (χ2v) is 9.50. The standard InChI is InChI=1S/C28H36N2O2/c29-21-23-11-13-27(14-12-23)32-20-6-17-30-18-15-26(16-19-30)28(22-31,25-9-4-5-10-25)24-7-2-1-3-8-24/h1-3,7-8,11-14,25-26,31H,4-6,9-10,15-20,22H2. The third-order valence-corrected chi connectivity index (χ3v) is 7.84. The highest BCUT2D eigenvalue weighted by Gasteiger charge is 2.47. The Morgan fingerprint density at radius 1 is 0.938 bits per heavy atom. The summed E-state index contributed by atoms with van der Waals surface area (Å²) in [4.78, 5) is 2.56. The summed E-state index contributed by atoms with van der Waals surface area (Å²) in [6, 6.07) is 20.3. The Balaban J connectivity index is 1.30. The number of nitriles is 1. The number of rotatable bonds is 9. The second kappa shape index (κ2) is 11.0. The molecule has 4 heteroatoms. The maximum absolute atomic E-state index is 10.8. The molecule has 170 valence electrons. The molecule has 0 amide bonds. The maximum atomic E-state index is 10.8. The Morgan fingerprint density at radius 3 is 2.22 bits per heavy atom. The van der Waals surface area contributed by atoms with Crippen molar-refractivity contribution in [3.63, 3.8) is 0 Å². The van der Waals surface area contributed by atoms with E-state index < -0.39 is 0 Å². The van der Waals surface area contributed by atoms with Crippen LogP contribution in [0.15, 0.2) is 54.6 Å². The Labute approximate surface area is 192 Å². The number of aliphatic hydroxyl groups is 1. The van der Waals surface area contributed by atoms with E-state index in [0.717, 1.165) is 44.6 Å². The first kappa shape index (κ1) is 22.8. The number of aliphatic hydroxyl groups excluding tert-OH is 1. The lowest BCUT2D eigenvalue weighted by atomic mass is 9.59. The van der Waals surface area contributed by atoms with Gasteiger partial charge in [0, 0.05) is 12.0 Å². The van der Waals surface area contributed by atoms with Gasteiger partial charge in [-0.1, -0.05) is 43.2 Å². The number of hydrogen-bond acceptors (Lipinski definition) is 4. The van der Waals surface area contributed by atoms with Crippen LogP contribution in [0.1, 0.15) is 56.1 Å². The van der Waals surface area contributed by atoms with Crippen molar-refractivity contribution in [1.82, 2.24) is 4.90 Å². The predicted molar refractivity (Wildman–Crippen MR) is 128 cm³/mol. The molecule has 1 saturated heterocycles. The monoisotopic (exact) mass is 432 g/mol. The van der Waals surface area contributed by atoms with Gasteiger partial charge in [0.15, 0.2) is 0 Å². The van der Waals surface area contributed by atoms with E-state index in [0.29, 0.717) is 24.0 Å². The fraction of sp³-hybridized carbons (Fsp3) is 0.536. The van der Waals surface area contributed by atoms with Gasteiger partial charge in [-0.2, -0.15) is 5.26 Å². The van der Waals surface area contributed by atoms with E-state index in [1.54, 1.807) is 12.1 Å². The average Bonchev–Trinajstić information content (AvgIpc) is 3.40. The molecule has 1 aliphatic carbocycles. The van der Waals surface area contributed by atoms with Gasteiger partial charge in [-0.3, -0.25) is 0 Å². The SMILES string of the molecule is N#Cc1ccc(OCCCN2CCC(C(CO)(c3ccccc3)C3CCCC3)CC2)cc1. The lowest BCUT2D eigenvalue weighted by Gasteiger charge is -2.48. The normalized spacial score (nSPS) is 20.0. The molecule has 1 atom stereocenters. The molecule has 0 aromatic heterocycles. The van der Waals surface area contributed by atoms with Crippen molar-refractivity contribution in [1.29, 1.82) is 5.26 Å². The summed E-state index contributed by atoms with van der Waals surface area (Å²) in [5, 5.41) is 19.7. The molecule has 2 fully saturated rings. The first-order chi connectivity index (χ1) is 15.8. The molecule has 1 unspecified atom stereocenters. The fourth-order valence-electron chi connectivity index (χ4n) is 6.12. The minimum absolute atomic E-state index is 0.0808. The smallest absolute Gasteiger partial charge is 0.119 e. The molecule has 2 aliphatic rings. The molecule has 1 saturated carbocycles. The maximum Gasteiger partial charge on any atom is 0.119 e. The number of piperidine rings is 1. The van der Waals surface area contributed by atoms with Gasteiger partial charge in [0.05, 0.1) is 24.8 Å². The van der Waals surface area contributed by atoms with Crippen molar-refractivity contribution in [2.75, 3.05) is 32.8 Å². The predicted octanol–water partition coefficient (Wildman–Crippen LogP) is 5.16. The number of nitrogens with zero attached hydrogens (tertiary/aromatic N) is 2. The zero-order valence-electron chi connectivity index (χ0n) is 19.1. The molecule has 4 nitrogen and oxygen atoms in total. The van der Waals surface area contributed by atoms with E-state index in [9.17, 15) is 5.11 Å². The van der Waals surface area contributed by atoms with E-state index >= 15 is 0 Å². The second-order valence-electron chi connectivity index (χ2n) is 9.50.